The van der Waals surface area contributed by atoms with Crippen LogP contribution in [0.5, 0.6) is 0 Å². The SMILES string of the molecule is CC(C)CC(c1sc2[nH]c(=O)n(C)c(=O)c2c1C(=O)N1C[C@H](O)CO1)n1ccc2cc(C#N)ccc21. The number of β-amino-alcohol motifs (C(OH)–C–C–N with tert-alkyl or cyclic N) is 1. The Hall–Kier alpha value is -3.72. The zero-order valence-corrected chi connectivity index (χ0v) is 20.8. The molecule has 2 N–H and O–H groups in total. The van der Waals surface area contributed by atoms with Crippen LogP contribution in [0.1, 0.15) is 47.1 Å². The number of hydrogen-bond acceptors (Lipinski definition) is 7. The molecule has 1 unspecified atom stereocenters. The molecule has 1 amide bonds. The van der Waals surface area contributed by atoms with Crippen LogP contribution in [-0.2, 0) is 11.9 Å². The molecular weight excluding hydrogens is 482 g/mol. The Morgan fingerprint density at radius 2 is 2.11 bits per heavy atom. The van der Waals surface area contributed by atoms with Gasteiger partial charge in [0, 0.05) is 29.0 Å². The molecule has 4 aromatic rings. The number of amides is 1. The van der Waals surface area contributed by atoms with Crippen LogP contribution < -0.4 is 11.2 Å². The average molecular weight is 508 g/mol. The monoisotopic (exact) mass is 507 g/mol. The van der Waals surface area contributed by atoms with E-state index < -0.39 is 23.3 Å². The first-order valence-electron chi connectivity index (χ1n) is 11.6. The standard InChI is InChI=1S/C25H25N5O5S/c1-13(2)8-18(29-7-6-15-9-14(10-26)4-5-17(15)29)21-19(24(33)30-11-16(31)12-35-30)20-22(36-21)27-25(34)28(3)23(20)32/h4-7,9,13,16,18,31H,8,11-12H2,1-3H3,(H,27,34)/t16-,18?/m0/s1. The van der Waals surface area contributed by atoms with Gasteiger partial charge < -0.3 is 9.67 Å². The van der Waals surface area contributed by atoms with E-state index in [2.05, 4.69) is 24.9 Å². The summed E-state index contributed by atoms with van der Waals surface area (Å²) < 4.78 is 2.99. The minimum atomic E-state index is -0.820. The molecule has 0 saturated carbocycles. The van der Waals surface area contributed by atoms with Crippen molar-refractivity contribution in [3.05, 3.63) is 67.3 Å². The minimum absolute atomic E-state index is 0.0164. The Bertz CT molecular complexity index is 1650. The number of carbonyl (C=O) groups excluding carboxylic acids is 1. The lowest BCUT2D eigenvalue weighted by molar-refractivity contribution is -0.0779. The smallest absolute Gasteiger partial charge is 0.329 e. The van der Waals surface area contributed by atoms with Crippen LogP contribution in [0.15, 0.2) is 40.1 Å². The molecule has 0 radical (unpaired) electrons. The first-order chi connectivity index (χ1) is 17.2. The van der Waals surface area contributed by atoms with Crippen molar-refractivity contribution in [2.45, 2.75) is 32.4 Å². The molecule has 1 aliphatic rings. The Kier molecular flexibility index (Phi) is 6.04. The molecule has 5 rings (SSSR count). The summed E-state index contributed by atoms with van der Waals surface area (Å²) in [6.45, 7) is 4.11. The fourth-order valence-electron chi connectivity index (χ4n) is 4.67. The lowest BCUT2D eigenvalue weighted by atomic mass is 9.98. The second-order valence-corrected chi connectivity index (χ2v) is 10.5. The van der Waals surface area contributed by atoms with E-state index in [4.69, 9.17) is 4.84 Å². The normalized spacial score (nSPS) is 16.8. The Morgan fingerprint density at radius 1 is 1.33 bits per heavy atom. The maximum absolute atomic E-state index is 13.8. The molecular formula is C25H25N5O5S. The van der Waals surface area contributed by atoms with Crippen molar-refractivity contribution >= 4 is 38.4 Å². The number of aliphatic hydroxyl groups excluding tert-OH is 1. The van der Waals surface area contributed by atoms with Crippen LogP contribution in [0.4, 0.5) is 0 Å². The molecule has 0 spiro atoms. The summed E-state index contributed by atoms with van der Waals surface area (Å²) in [5.41, 5.74) is 0.456. The number of benzene rings is 1. The van der Waals surface area contributed by atoms with Gasteiger partial charge in [0.1, 0.15) is 17.5 Å². The summed E-state index contributed by atoms with van der Waals surface area (Å²) >= 11 is 1.21. The van der Waals surface area contributed by atoms with Gasteiger partial charge in [-0.1, -0.05) is 13.8 Å². The molecule has 10 nitrogen and oxygen atoms in total. The second-order valence-electron chi connectivity index (χ2n) is 9.41. The third kappa shape index (κ3) is 3.93. The van der Waals surface area contributed by atoms with Crippen LogP contribution in [-0.4, -0.2) is 49.5 Å². The number of hydrogen-bond donors (Lipinski definition) is 2. The number of rotatable bonds is 5. The summed E-state index contributed by atoms with van der Waals surface area (Å²) in [5.74, 6) is -0.306. The van der Waals surface area contributed by atoms with E-state index in [1.54, 1.807) is 6.07 Å². The predicted octanol–water partition coefficient (Wildman–Crippen LogP) is 2.50. The van der Waals surface area contributed by atoms with E-state index in [1.807, 2.05) is 29.0 Å². The number of carbonyl (C=O) groups is 1. The highest BCUT2D eigenvalue weighted by Crippen LogP contribution is 2.40. The summed E-state index contributed by atoms with van der Waals surface area (Å²) in [7, 11) is 1.36. The van der Waals surface area contributed by atoms with Gasteiger partial charge in [-0.15, -0.1) is 11.3 Å². The first-order valence-corrected chi connectivity index (χ1v) is 12.4. The van der Waals surface area contributed by atoms with Crippen molar-refractivity contribution in [2.75, 3.05) is 13.2 Å². The number of nitrogens with one attached hydrogen (secondary N) is 1. The number of fused-ring (bicyclic) bond motifs is 2. The molecule has 186 valence electrons. The first kappa shape index (κ1) is 24.0. The van der Waals surface area contributed by atoms with E-state index in [9.17, 15) is 24.8 Å². The van der Waals surface area contributed by atoms with Gasteiger partial charge in [0.05, 0.1) is 35.2 Å². The van der Waals surface area contributed by atoms with Crippen molar-refractivity contribution in [3.8, 4) is 6.07 Å². The molecule has 36 heavy (non-hydrogen) atoms. The van der Waals surface area contributed by atoms with E-state index in [-0.39, 0.29) is 36.1 Å². The summed E-state index contributed by atoms with van der Waals surface area (Å²) in [6.07, 6.45) is 1.73. The number of hydroxylamine groups is 2. The van der Waals surface area contributed by atoms with Crippen molar-refractivity contribution < 1.29 is 14.7 Å². The molecule has 4 heterocycles. The van der Waals surface area contributed by atoms with Gasteiger partial charge in [-0.3, -0.25) is 24.0 Å². The van der Waals surface area contributed by atoms with Crippen molar-refractivity contribution in [1.82, 2.24) is 19.2 Å². The average Bonchev–Trinajstić information content (AvgIpc) is 3.56. The molecule has 0 bridgehead atoms. The molecule has 1 saturated heterocycles. The lowest BCUT2D eigenvalue weighted by Crippen LogP contribution is -2.34. The molecule has 11 heteroatoms. The van der Waals surface area contributed by atoms with Gasteiger partial charge in [-0.05, 0) is 36.6 Å². The van der Waals surface area contributed by atoms with Gasteiger partial charge >= 0.3 is 5.69 Å². The number of aromatic nitrogens is 3. The number of H-pyrrole nitrogens is 1. The highest BCUT2D eigenvalue weighted by Gasteiger charge is 2.35. The topological polar surface area (TPSA) is 133 Å². The number of nitriles is 1. The minimum Gasteiger partial charge on any atom is -0.389 e. The Labute approximate surface area is 209 Å². The van der Waals surface area contributed by atoms with E-state index >= 15 is 0 Å². The lowest BCUT2D eigenvalue weighted by Gasteiger charge is -2.23. The van der Waals surface area contributed by atoms with Crippen molar-refractivity contribution in [1.29, 1.82) is 5.26 Å². The van der Waals surface area contributed by atoms with Crippen LogP contribution in [0.25, 0.3) is 21.1 Å². The summed E-state index contributed by atoms with van der Waals surface area (Å²) in [5, 5.41) is 21.3. The molecule has 1 aliphatic heterocycles. The van der Waals surface area contributed by atoms with Gasteiger partial charge in [0.25, 0.3) is 11.5 Å². The Balaban J connectivity index is 1.79. The quantitative estimate of drug-likeness (QED) is 0.426. The predicted molar refractivity (Wildman–Crippen MR) is 135 cm³/mol. The number of nitrogens with zero attached hydrogens (tertiary/aromatic N) is 4. The molecule has 1 fully saturated rings. The van der Waals surface area contributed by atoms with Crippen molar-refractivity contribution in [3.63, 3.8) is 0 Å². The fraction of sp³-hybridized carbons (Fsp3) is 0.360. The zero-order chi connectivity index (χ0) is 25.7. The van der Waals surface area contributed by atoms with Crippen LogP contribution >= 0.6 is 11.3 Å². The van der Waals surface area contributed by atoms with Crippen LogP contribution in [0, 0.1) is 17.2 Å². The fourth-order valence-corrected chi connectivity index (χ4v) is 5.95. The van der Waals surface area contributed by atoms with Crippen molar-refractivity contribution in [2.24, 2.45) is 13.0 Å². The maximum atomic E-state index is 13.8. The zero-order valence-electron chi connectivity index (χ0n) is 20.0. The van der Waals surface area contributed by atoms with Gasteiger partial charge in [-0.25, -0.2) is 9.86 Å². The molecule has 1 aromatic carbocycles. The number of aromatic amines is 1. The third-order valence-electron chi connectivity index (χ3n) is 6.40. The van der Waals surface area contributed by atoms with E-state index in [0.29, 0.717) is 21.7 Å². The highest BCUT2D eigenvalue weighted by molar-refractivity contribution is 7.19. The second kappa shape index (κ2) is 9.05. The van der Waals surface area contributed by atoms with Crippen LogP contribution in [0.2, 0.25) is 0 Å². The summed E-state index contributed by atoms with van der Waals surface area (Å²) in [6, 6.07) is 9.15. The van der Waals surface area contributed by atoms with Gasteiger partial charge in [-0.2, -0.15) is 5.26 Å². The number of thiophene rings is 1. The molecule has 3 aromatic heterocycles. The largest absolute Gasteiger partial charge is 0.389 e. The third-order valence-corrected chi connectivity index (χ3v) is 7.61. The van der Waals surface area contributed by atoms with Gasteiger partial charge in [0.2, 0.25) is 0 Å². The summed E-state index contributed by atoms with van der Waals surface area (Å²) in [4.78, 5) is 48.5. The molecule has 2 atom stereocenters. The maximum Gasteiger partial charge on any atom is 0.329 e. The van der Waals surface area contributed by atoms with Gasteiger partial charge in [0.15, 0.2) is 0 Å². The van der Waals surface area contributed by atoms with E-state index in [1.165, 1.54) is 18.4 Å². The van der Waals surface area contributed by atoms with E-state index in [0.717, 1.165) is 20.5 Å². The highest BCUT2D eigenvalue weighted by atomic mass is 32.1. The van der Waals surface area contributed by atoms with Crippen LogP contribution in [0.3, 0.4) is 0 Å². The Morgan fingerprint density at radius 3 is 2.78 bits per heavy atom. The number of aliphatic hydroxyl groups is 1. The molecule has 0 aliphatic carbocycles.